The van der Waals surface area contributed by atoms with Crippen molar-refractivity contribution in [3.8, 4) is 0 Å². The Hall–Kier alpha value is -7.80. The molecule has 0 bridgehead atoms. The number of carbonyl (C=O) groups is 15. The Morgan fingerprint density at radius 1 is 0.512 bits per heavy atom. The number of hydrogen-bond acceptors (Lipinski definition) is 21. The number of carboxylic acids is 1. The van der Waals surface area contributed by atoms with Crippen molar-refractivity contribution in [2.24, 2.45) is 28.9 Å². The Balaban J connectivity index is 2.27. The summed E-state index contributed by atoms with van der Waals surface area (Å²) >= 11 is 1.48. The smallest absolute Gasteiger partial charge is 0.326 e. The largest absolute Gasteiger partial charge is 0.480 e. The molecular formula is C50H83N15O20S. The van der Waals surface area contributed by atoms with Crippen LogP contribution in [0.2, 0.25) is 0 Å². The number of aliphatic hydroxyl groups excluding tert-OH is 4. The number of rotatable bonds is 36. The molecule has 2 aliphatic heterocycles. The molecule has 0 aromatic carbocycles. The van der Waals surface area contributed by atoms with Gasteiger partial charge in [0.2, 0.25) is 82.7 Å². The Bertz CT molecular complexity index is 2490. The second-order valence-electron chi connectivity index (χ2n) is 21.0. The van der Waals surface area contributed by atoms with Crippen LogP contribution in [0.15, 0.2) is 0 Å². The van der Waals surface area contributed by atoms with Crippen molar-refractivity contribution in [1.82, 2.24) is 57.7 Å². The third-order valence-corrected chi connectivity index (χ3v) is 14.4. The Labute approximate surface area is 498 Å². The van der Waals surface area contributed by atoms with Crippen molar-refractivity contribution in [2.45, 2.75) is 177 Å². The lowest BCUT2D eigenvalue weighted by Crippen LogP contribution is -2.63. The molecule has 14 amide bonds. The van der Waals surface area contributed by atoms with Crippen molar-refractivity contribution in [1.29, 1.82) is 0 Å². The minimum absolute atomic E-state index is 0.000262. The van der Waals surface area contributed by atoms with E-state index in [0.29, 0.717) is 12.2 Å². The van der Waals surface area contributed by atoms with E-state index in [1.54, 1.807) is 13.8 Å². The predicted molar refractivity (Wildman–Crippen MR) is 300 cm³/mol. The second kappa shape index (κ2) is 35.6. The van der Waals surface area contributed by atoms with Gasteiger partial charge in [-0.1, -0.05) is 13.8 Å². The zero-order valence-corrected chi connectivity index (χ0v) is 49.3. The summed E-state index contributed by atoms with van der Waals surface area (Å²) in [4.78, 5) is 198. The number of aliphatic hydroxyl groups is 4. The zero-order chi connectivity index (χ0) is 65.4. The van der Waals surface area contributed by atoms with E-state index >= 15 is 0 Å². The van der Waals surface area contributed by atoms with Crippen LogP contribution in [-0.2, 0) is 71.9 Å². The van der Waals surface area contributed by atoms with E-state index in [4.69, 9.17) is 22.9 Å². The maximum atomic E-state index is 14.4. The van der Waals surface area contributed by atoms with Gasteiger partial charge >= 0.3 is 5.97 Å². The summed E-state index contributed by atoms with van der Waals surface area (Å²) < 4.78 is 0. The first kappa shape index (κ1) is 74.3. The molecule has 0 saturated carbocycles. The number of amides is 14. The van der Waals surface area contributed by atoms with E-state index in [-0.39, 0.29) is 45.2 Å². The number of nitrogens with two attached hydrogens (primary N) is 4. The SMILES string of the molecule is CSCC[C@H](N)C(=O)N[C@@H](C)C(=O)N[C@H](C(=O)N[C@@H](CCC(N)=O)C(=O)N1CCC[C@H]1C(=O)N1CCC[C@H]1C(=O)N[C@@H](CC(N)=O)C(=O)N[C@H](C(=O)N[C@@H](CO)C(=O)N[C@H](C(=O)N[C@@H](CO)C(=O)N[C@@H](CC(N)=O)C(=O)O)[C@@H](C)O)[C@@H](C)O)C(C)C. The number of primary amides is 3. The van der Waals surface area contributed by atoms with Gasteiger partial charge in [0.25, 0.3) is 0 Å². The number of nitrogens with one attached hydrogen (secondary N) is 9. The van der Waals surface area contributed by atoms with Crippen LogP contribution in [0.3, 0.4) is 0 Å². The highest BCUT2D eigenvalue weighted by molar-refractivity contribution is 7.98. The minimum atomic E-state index is -2.04. The van der Waals surface area contributed by atoms with Gasteiger partial charge in [-0.3, -0.25) is 67.1 Å². The van der Waals surface area contributed by atoms with Gasteiger partial charge < -0.3 is 106 Å². The first-order valence-corrected chi connectivity index (χ1v) is 28.8. The van der Waals surface area contributed by atoms with Crippen molar-refractivity contribution in [3.05, 3.63) is 0 Å². The fourth-order valence-electron chi connectivity index (χ4n) is 8.94. The molecule has 484 valence electrons. The quantitative estimate of drug-likeness (QED) is 0.0277. The van der Waals surface area contributed by atoms with Crippen molar-refractivity contribution in [3.63, 3.8) is 0 Å². The number of thioether (sulfide) groups is 1. The van der Waals surface area contributed by atoms with Gasteiger partial charge in [-0.15, -0.1) is 0 Å². The van der Waals surface area contributed by atoms with Crippen LogP contribution in [0.1, 0.15) is 92.4 Å². The van der Waals surface area contributed by atoms with Crippen molar-refractivity contribution in [2.75, 3.05) is 38.3 Å². The van der Waals surface area contributed by atoms with Gasteiger partial charge in [-0.2, -0.15) is 11.8 Å². The number of likely N-dealkylation sites (tertiary alicyclic amines) is 2. The van der Waals surface area contributed by atoms with Gasteiger partial charge in [-0.05, 0) is 77.2 Å². The normalized spacial score (nSPS) is 18.9. The summed E-state index contributed by atoms with van der Waals surface area (Å²) in [6.07, 6.45) is -3.38. The summed E-state index contributed by atoms with van der Waals surface area (Å²) in [6, 6.07) is -19.1. The summed E-state index contributed by atoms with van der Waals surface area (Å²) in [5.41, 5.74) is 21.8. The van der Waals surface area contributed by atoms with E-state index in [1.807, 2.05) is 27.5 Å². The van der Waals surface area contributed by atoms with E-state index in [2.05, 4.69) is 26.6 Å². The summed E-state index contributed by atoms with van der Waals surface area (Å²) in [6.45, 7) is 4.13. The molecule has 2 rings (SSSR count). The topological polar surface area (TPSA) is 576 Å². The standard InChI is InChI=1S/C50H83N15O20S/c1-21(2)36(61-39(73)22(3)55-40(74)25(51)13-16-86-6)45(79)56-26(11-12-33(52)70)48(82)65-15-8-10-32(65)49(83)64-14-7-9-31(64)44(78)57-27(17-34(53)71)41(75)62-37(23(4)68)46(80)60-30(20-67)43(77)63-38(24(5)69)47(81)59-29(19-66)42(76)58-28(50(84)85)18-35(54)72/h21-32,36-38,66-69H,7-20,51H2,1-6H3,(H2,52,70)(H2,53,71)(H2,54,72)(H,55,74)(H,56,79)(H,57,78)(H,58,76)(H,59,81)(H,60,80)(H,61,73)(H,62,75)(H,63,77)(H,84,85)/t22-,23+,24+,25-,26-,27-,28-,29-,30-,31-,32-,36-,37-,38-/m0/s1. The lowest BCUT2D eigenvalue weighted by Gasteiger charge is -2.34. The first-order chi connectivity index (χ1) is 40.2. The lowest BCUT2D eigenvalue weighted by atomic mass is 10.0. The van der Waals surface area contributed by atoms with Gasteiger partial charge in [0.05, 0.1) is 44.3 Å². The fourth-order valence-corrected chi connectivity index (χ4v) is 9.43. The van der Waals surface area contributed by atoms with Gasteiger partial charge in [0.1, 0.15) is 66.5 Å². The Morgan fingerprint density at radius 2 is 0.953 bits per heavy atom. The van der Waals surface area contributed by atoms with Crippen molar-refractivity contribution < 1.29 is 97.5 Å². The highest BCUT2D eigenvalue weighted by Crippen LogP contribution is 2.26. The molecule has 22 N–H and O–H groups in total. The average molecular weight is 1250 g/mol. The predicted octanol–water partition coefficient (Wildman–Crippen LogP) is -10.1. The van der Waals surface area contributed by atoms with Gasteiger partial charge in [0.15, 0.2) is 0 Å². The second-order valence-corrected chi connectivity index (χ2v) is 22.0. The monoisotopic (exact) mass is 1250 g/mol. The van der Waals surface area contributed by atoms with Crippen LogP contribution >= 0.6 is 11.8 Å². The molecule has 0 spiro atoms. The molecule has 35 nitrogen and oxygen atoms in total. The molecule has 0 aliphatic carbocycles. The Kier molecular flexibility index (Phi) is 30.8. The molecule has 0 aromatic rings. The maximum Gasteiger partial charge on any atom is 0.326 e. The molecule has 2 heterocycles. The zero-order valence-electron chi connectivity index (χ0n) is 48.5. The summed E-state index contributed by atoms with van der Waals surface area (Å²) in [5, 5.41) is 70.2. The summed E-state index contributed by atoms with van der Waals surface area (Å²) in [5.74, 6) is -16.3. The fraction of sp³-hybridized carbons (Fsp3) is 0.700. The van der Waals surface area contributed by atoms with Crippen LogP contribution in [0, 0.1) is 5.92 Å². The van der Waals surface area contributed by atoms with Crippen LogP contribution in [0.5, 0.6) is 0 Å². The number of carboxylic acid groups (broad SMARTS) is 1. The van der Waals surface area contributed by atoms with Gasteiger partial charge in [-0.25, -0.2) is 4.79 Å². The molecule has 2 saturated heterocycles. The molecule has 14 atom stereocenters. The molecule has 2 aliphatic rings. The van der Waals surface area contributed by atoms with E-state index in [1.165, 1.54) is 23.6 Å². The third kappa shape index (κ3) is 22.9. The van der Waals surface area contributed by atoms with Crippen LogP contribution in [0.4, 0.5) is 0 Å². The molecule has 86 heavy (non-hydrogen) atoms. The first-order valence-electron chi connectivity index (χ1n) is 27.5. The molecule has 0 unspecified atom stereocenters. The molecule has 36 heteroatoms. The maximum absolute atomic E-state index is 14.4. The average Bonchev–Trinajstić information content (AvgIpc) is 4.21. The van der Waals surface area contributed by atoms with E-state index in [0.717, 1.165) is 18.7 Å². The lowest BCUT2D eigenvalue weighted by molar-refractivity contribution is -0.148. The number of aliphatic carboxylic acids is 1. The third-order valence-electron chi connectivity index (χ3n) is 13.7. The molecule has 0 aromatic heterocycles. The van der Waals surface area contributed by atoms with Crippen LogP contribution in [-0.4, -0.2) is 247 Å². The van der Waals surface area contributed by atoms with Gasteiger partial charge in [0, 0.05) is 19.5 Å². The molecular weight excluding hydrogens is 1160 g/mol. The van der Waals surface area contributed by atoms with Crippen molar-refractivity contribution >= 4 is 100 Å². The number of nitrogens with zero attached hydrogens (tertiary/aromatic N) is 2. The van der Waals surface area contributed by atoms with Crippen LogP contribution in [0.25, 0.3) is 0 Å². The highest BCUT2D eigenvalue weighted by Gasteiger charge is 2.45. The molecule has 0 radical (unpaired) electrons. The highest BCUT2D eigenvalue weighted by atomic mass is 32.2. The number of carbonyl (C=O) groups excluding carboxylic acids is 14. The van der Waals surface area contributed by atoms with E-state index < -0.39 is 212 Å². The number of hydrogen-bond donors (Lipinski definition) is 18. The summed E-state index contributed by atoms with van der Waals surface area (Å²) in [7, 11) is 0. The Morgan fingerprint density at radius 3 is 1.42 bits per heavy atom. The van der Waals surface area contributed by atoms with E-state index in [9.17, 15) is 97.5 Å². The minimum Gasteiger partial charge on any atom is -0.480 e. The van der Waals surface area contributed by atoms with Crippen LogP contribution < -0.4 is 70.8 Å². The molecule has 2 fully saturated rings.